The van der Waals surface area contributed by atoms with E-state index < -0.39 is 0 Å². The molecule has 0 nitrogen and oxygen atoms in total. The zero-order valence-corrected chi connectivity index (χ0v) is 6.84. The van der Waals surface area contributed by atoms with Gasteiger partial charge in [-0.15, -0.1) is 0 Å². The molecule has 0 spiro atoms. The molecule has 9 heavy (non-hydrogen) atoms. The first kappa shape index (κ1) is 8.93. The fraction of sp³-hybridized carbons (Fsp3) is 0.143. The molecule has 0 N–H and O–H groups in total. The van der Waals surface area contributed by atoms with Crippen LogP contribution in [0.3, 0.4) is 0 Å². The van der Waals surface area contributed by atoms with Crippen molar-refractivity contribution < 1.29 is 16.5 Å². The number of hydrogen-bond acceptors (Lipinski definition) is 1. The van der Waals surface area contributed by atoms with E-state index in [-0.39, 0.29) is 16.5 Å². The van der Waals surface area contributed by atoms with Crippen molar-refractivity contribution in [1.29, 1.82) is 0 Å². The Bertz CT molecular complexity index is 148. The first-order valence-corrected chi connectivity index (χ1v) is 2.93. The second kappa shape index (κ2) is 3.87. The average Bonchev–Trinajstić information content (AvgIpc) is 1.77. The van der Waals surface area contributed by atoms with Crippen molar-refractivity contribution in [3.05, 3.63) is 29.8 Å². The van der Waals surface area contributed by atoms with Crippen molar-refractivity contribution in [2.75, 3.05) is 0 Å². The molecule has 0 saturated carbocycles. The zero-order valence-electron chi connectivity index (χ0n) is 5.03. The topological polar surface area (TPSA) is 0 Å². The predicted molar refractivity (Wildman–Crippen MR) is 36.8 cm³/mol. The van der Waals surface area contributed by atoms with Gasteiger partial charge in [-0.3, -0.25) is 0 Å². The number of aryl methyl sites for hydroxylation is 1. The summed E-state index contributed by atoms with van der Waals surface area (Å²) in [7, 11) is 0. The molecule has 0 aliphatic carbocycles. The van der Waals surface area contributed by atoms with Crippen LogP contribution in [-0.4, -0.2) is 0 Å². The summed E-state index contributed by atoms with van der Waals surface area (Å²) in [5.74, 6) is 0. The maximum Gasteiger partial charge on any atom is 0 e. The first-order valence-electron chi connectivity index (χ1n) is 2.53. The number of hydrogen-bond donors (Lipinski definition) is 0. The van der Waals surface area contributed by atoms with Gasteiger partial charge in [-0.1, -0.05) is 29.8 Å². The van der Waals surface area contributed by atoms with Crippen LogP contribution in [0, 0.1) is 6.92 Å². The molecule has 0 bridgehead atoms. The van der Waals surface area contributed by atoms with Crippen LogP contribution in [0.4, 0.5) is 0 Å². The van der Waals surface area contributed by atoms with Gasteiger partial charge in [0.05, 0.1) is 0 Å². The van der Waals surface area contributed by atoms with Crippen LogP contribution < -0.4 is 0 Å². The molecule has 0 radical (unpaired) electrons. The molecule has 0 aromatic heterocycles. The van der Waals surface area contributed by atoms with Gasteiger partial charge in [0.25, 0.3) is 0 Å². The van der Waals surface area contributed by atoms with Crippen LogP contribution >= 0.6 is 0 Å². The van der Waals surface area contributed by atoms with E-state index in [0.29, 0.717) is 0 Å². The third kappa shape index (κ3) is 2.83. The van der Waals surface area contributed by atoms with Crippen LogP contribution in [0.2, 0.25) is 0 Å². The van der Waals surface area contributed by atoms with Crippen molar-refractivity contribution in [1.82, 2.24) is 0 Å². The molecule has 1 rings (SSSR count). The summed E-state index contributed by atoms with van der Waals surface area (Å²) in [4.78, 5) is 0.913. The quantitative estimate of drug-likeness (QED) is 0.436. The van der Waals surface area contributed by atoms with Gasteiger partial charge in [-0.2, -0.15) is 4.90 Å². The summed E-state index contributed by atoms with van der Waals surface area (Å²) in [6.07, 6.45) is 0. The maximum atomic E-state index is 4.87. The third-order valence-corrected chi connectivity index (χ3v) is 1.29. The van der Waals surface area contributed by atoms with Crippen LogP contribution in [-0.2, 0) is 29.1 Å². The molecule has 0 heterocycles. The number of benzene rings is 1. The van der Waals surface area contributed by atoms with Crippen molar-refractivity contribution in [3.63, 3.8) is 0 Å². The minimum atomic E-state index is 0. The van der Waals surface area contributed by atoms with Gasteiger partial charge >= 0.3 is 0 Å². The molecule has 2 heteroatoms. The monoisotopic (exact) mass is 181 g/mol. The Balaban J connectivity index is 0.000000640. The van der Waals surface area contributed by atoms with E-state index in [1.807, 2.05) is 24.3 Å². The second-order valence-corrected chi connectivity index (χ2v) is 2.28. The normalized spacial score (nSPS) is 8.11. The summed E-state index contributed by atoms with van der Waals surface area (Å²) in [6.45, 7) is 2.05. The van der Waals surface area contributed by atoms with Crippen molar-refractivity contribution in [2.24, 2.45) is 0 Å². The molecule has 0 aliphatic rings. The van der Waals surface area contributed by atoms with E-state index in [9.17, 15) is 0 Å². The summed E-state index contributed by atoms with van der Waals surface area (Å²) >= 11 is 4.87. The Kier molecular flexibility index (Phi) is 3.84. The molecule has 0 aliphatic heterocycles. The molecular weight excluding hydrogens is 175 g/mol. The minimum Gasteiger partial charge on any atom is -0.780 e. The van der Waals surface area contributed by atoms with Gasteiger partial charge in [0.15, 0.2) is 0 Å². The van der Waals surface area contributed by atoms with Gasteiger partial charge in [-0.05, 0) is 6.92 Å². The van der Waals surface area contributed by atoms with Crippen LogP contribution in [0.5, 0.6) is 0 Å². The fourth-order valence-corrected chi connectivity index (χ4v) is 0.674. The van der Waals surface area contributed by atoms with Crippen LogP contribution in [0.15, 0.2) is 29.2 Å². The van der Waals surface area contributed by atoms with Gasteiger partial charge in [-0.25, -0.2) is 0 Å². The standard InChI is InChI=1S/C7H8S.Ni/c1-6-2-4-7(8)5-3-6;/h2-5,8H,1H3;/p-1. The van der Waals surface area contributed by atoms with Gasteiger partial charge in [0, 0.05) is 16.5 Å². The molecule has 1 aromatic carbocycles. The van der Waals surface area contributed by atoms with Gasteiger partial charge < -0.3 is 12.6 Å². The Morgan fingerprint density at radius 2 is 1.56 bits per heavy atom. The molecule has 0 amide bonds. The van der Waals surface area contributed by atoms with Gasteiger partial charge in [0.2, 0.25) is 0 Å². The maximum absolute atomic E-state index is 4.87. The summed E-state index contributed by atoms with van der Waals surface area (Å²) in [5.41, 5.74) is 1.26. The van der Waals surface area contributed by atoms with E-state index in [4.69, 9.17) is 12.6 Å². The molecule has 0 unspecified atom stereocenters. The summed E-state index contributed by atoms with van der Waals surface area (Å²) in [5, 5.41) is 0. The largest absolute Gasteiger partial charge is 0.780 e. The SMILES string of the molecule is Cc1ccc([S-])cc1.[Ni]. The predicted octanol–water partition coefficient (Wildman–Crippen LogP) is 1.90. The zero-order chi connectivity index (χ0) is 5.98. The van der Waals surface area contributed by atoms with E-state index in [1.165, 1.54) is 5.56 Å². The smallest absolute Gasteiger partial charge is 0 e. The Morgan fingerprint density at radius 3 is 1.89 bits per heavy atom. The second-order valence-electron chi connectivity index (χ2n) is 1.81. The molecular formula is C7H7NiS-. The van der Waals surface area contributed by atoms with E-state index in [2.05, 4.69) is 6.92 Å². The average molecular weight is 182 g/mol. The molecule has 1 aromatic rings. The van der Waals surface area contributed by atoms with Crippen molar-refractivity contribution >= 4 is 12.6 Å². The minimum absolute atomic E-state index is 0. The number of rotatable bonds is 0. The summed E-state index contributed by atoms with van der Waals surface area (Å²) < 4.78 is 0. The molecule has 52 valence electrons. The molecule has 0 fully saturated rings. The van der Waals surface area contributed by atoms with E-state index in [1.54, 1.807) is 0 Å². The van der Waals surface area contributed by atoms with E-state index >= 15 is 0 Å². The van der Waals surface area contributed by atoms with Crippen LogP contribution in [0.1, 0.15) is 5.56 Å². The first-order chi connectivity index (χ1) is 3.79. The Hall–Kier alpha value is -0.0665. The van der Waals surface area contributed by atoms with E-state index in [0.717, 1.165) is 4.90 Å². The van der Waals surface area contributed by atoms with Crippen molar-refractivity contribution in [2.45, 2.75) is 11.8 Å². The molecule has 0 atom stereocenters. The molecule has 0 saturated heterocycles. The Morgan fingerprint density at radius 1 is 1.11 bits per heavy atom. The van der Waals surface area contributed by atoms with Crippen molar-refractivity contribution in [3.8, 4) is 0 Å². The third-order valence-electron chi connectivity index (χ3n) is 1.02. The summed E-state index contributed by atoms with van der Waals surface area (Å²) in [6, 6.07) is 7.90. The Labute approximate surface area is 71.0 Å². The van der Waals surface area contributed by atoms with Crippen LogP contribution in [0.25, 0.3) is 0 Å². The van der Waals surface area contributed by atoms with Gasteiger partial charge in [0.1, 0.15) is 0 Å². The fourth-order valence-electron chi connectivity index (χ4n) is 0.538.